The molecule has 0 aromatic rings. The first kappa shape index (κ1) is 39.1. The zero-order valence-corrected chi connectivity index (χ0v) is 22.3. The van der Waals surface area contributed by atoms with Crippen LogP contribution in [0, 0.1) is 0 Å². The van der Waals surface area contributed by atoms with Crippen molar-refractivity contribution in [1.29, 1.82) is 0 Å². The fraction of sp³-hybridized carbons (Fsp3) is 0.600. The van der Waals surface area contributed by atoms with Gasteiger partial charge in [0.2, 0.25) is 0 Å². The lowest BCUT2D eigenvalue weighted by Crippen LogP contribution is -1.98. The summed E-state index contributed by atoms with van der Waals surface area (Å²) in [6, 6.07) is 0. The van der Waals surface area contributed by atoms with Crippen molar-refractivity contribution in [1.82, 2.24) is 0 Å². The number of aliphatic carboxylic acids is 4. The number of carboxylic acid groups (broad SMARTS) is 4. The molecule has 18 heteroatoms. The Kier molecular flexibility index (Phi) is 42.1. The molecule has 0 heterocycles. The SMILES string of the molecule is CCSCC(=O)O.O=C(O)CS.O=COCSCSCC(=O)O.O=COCSSCC(=O)O. The highest BCUT2D eigenvalue weighted by atomic mass is 33.1. The van der Waals surface area contributed by atoms with Gasteiger partial charge >= 0.3 is 23.9 Å². The van der Waals surface area contributed by atoms with E-state index in [1.165, 1.54) is 46.1 Å². The van der Waals surface area contributed by atoms with E-state index in [0.29, 0.717) is 18.0 Å². The van der Waals surface area contributed by atoms with Gasteiger partial charge in [-0.3, -0.25) is 28.8 Å². The van der Waals surface area contributed by atoms with Crippen LogP contribution in [0.15, 0.2) is 0 Å². The van der Waals surface area contributed by atoms with Crippen molar-refractivity contribution in [3.05, 3.63) is 0 Å². The van der Waals surface area contributed by atoms with Gasteiger partial charge in [-0.1, -0.05) is 28.5 Å². The molecular weight excluding hydrogens is 565 g/mol. The quantitative estimate of drug-likeness (QED) is 0.0540. The van der Waals surface area contributed by atoms with Crippen LogP contribution in [0.3, 0.4) is 0 Å². The van der Waals surface area contributed by atoms with Crippen molar-refractivity contribution < 1.29 is 58.7 Å². The van der Waals surface area contributed by atoms with Crippen LogP contribution >= 0.6 is 69.5 Å². The van der Waals surface area contributed by atoms with Crippen LogP contribution in [0.25, 0.3) is 0 Å². The maximum Gasteiger partial charge on any atom is 0.314 e. The standard InChI is InChI=1S/C5H8O4S2.C4H6O4S2.C4H8O2S.C2H4O2S/c6-2-9-3-11-4-10-1-5(7)8;5-2-8-3-10-9-1-4(6)7;1-2-7-3-4(5)6;3-2(4)1-5/h2H,1,3-4H2,(H,7,8);2H,1,3H2,(H,6,7);2-3H2,1H3,(H,5,6);5H,1H2,(H,3,4). The molecule has 0 spiro atoms. The van der Waals surface area contributed by atoms with Crippen LogP contribution in [0.5, 0.6) is 0 Å². The Morgan fingerprint density at radius 2 is 1.18 bits per heavy atom. The Hall–Kier alpha value is -1.08. The van der Waals surface area contributed by atoms with Gasteiger partial charge in [-0.05, 0) is 5.75 Å². The summed E-state index contributed by atoms with van der Waals surface area (Å²) in [7, 11) is 2.32. The van der Waals surface area contributed by atoms with Gasteiger partial charge in [-0.25, -0.2) is 0 Å². The van der Waals surface area contributed by atoms with Gasteiger partial charge in [-0.15, -0.1) is 23.5 Å². The van der Waals surface area contributed by atoms with Crippen molar-refractivity contribution >= 4 is 106 Å². The Bertz CT molecular complexity index is 524. The van der Waals surface area contributed by atoms with E-state index in [9.17, 15) is 28.8 Å². The highest BCUT2D eigenvalue weighted by molar-refractivity contribution is 8.76. The Balaban J connectivity index is -0.000000177. The van der Waals surface area contributed by atoms with Crippen molar-refractivity contribution in [2.75, 3.05) is 45.7 Å². The summed E-state index contributed by atoms with van der Waals surface area (Å²) in [5.41, 5.74) is 0. The maximum absolute atomic E-state index is 9.97. The molecule has 0 saturated carbocycles. The van der Waals surface area contributed by atoms with E-state index >= 15 is 0 Å². The van der Waals surface area contributed by atoms with Crippen molar-refractivity contribution in [2.45, 2.75) is 6.92 Å². The van der Waals surface area contributed by atoms with Crippen molar-refractivity contribution in [2.24, 2.45) is 0 Å². The number of hydrogen-bond donors (Lipinski definition) is 5. The van der Waals surface area contributed by atoms with Crippen LogP contribution in [-0.2, 0) is 38.2 Å². The molecule has 0 aliphatic rings. The fourth-order valence-corrected chi connectivity index (χ4v) is 3.74. The van der Waals surface area contributed by atoms with Crippen LogP contribution in [-0.4, -0.2) is 103 Å². The third-order valence-electron chi connectivity index (χ3n) is 1.63. The predicted octanol–water partition coefficient (Wildman–Crippen LogP) is 2.03. The highest BCUT2D eigenvalue weighted by Gasteiger charge is 1.96. The first-order valence-electron chi connectivity index (χ1n) is 8.14. The molecule has 0 bridgehead atoms. The van der Waals surface area contributed by atoms with Crippen LogP contribution in [0.1, 0.15) is 6.92 Å². The van der Waals surface area contributed by atoms with Crippen LogP contribution in [0.2, 0.25) is 0 Å². The van der Waals surface area contributed by atoms with Gasteiger partial charge in [0.1, 0.15) is 17.6 Å². The number of carbonyl (C=O) groups excluding carboxylic acids is 2. The van der Waals surface area contributed by atoms with E-state index in [0.717, 1.165) is 16.5 Å². The fourth-order valence-electron chi connectivity index (χ4n) is 0.669. The second-order valence-electron chi connectivity index (χ2n) is 4.18. The predicted molar refractivity (Wildman–Crippen MR) is 136 cm³/mol. The molecular formula is C15H26O12S6. The molecule has 0 fully saturated rings. The largest absolute Gasteiger partial charge is 0.481 e. The number of rotatable bonds is 17. The zero-order chi connectivity index (χ0) is 26.3. The second kappa shape index (κ2) is 35.5. The normalized spacial score (nSPS) is 8.67. The van der Waals surface area contributed by atoms with Crippen LogP contribution < -0.4 is 0 Å². The third-order valence-corrected chi connectivity index (χ3v) is 6.75. The number of thiol groups is 1. The number of carbonyl (C=O) groups is 6. The Labute approximate surface area is 216 Å². The molecule has 0 radical (unpaired) electrons. The number of ether oxygens (including phenoxy) is 2. The van der Waals surface area contributed by atoms with E-state index in [-0.39, 0.29) is 34.9 Å². The second-order valence-corrected chi connectivity index (χ2v) is 10.5. The summed E-state index contributed by atoms with van der Waals surface area (Å²) in [5, 5.41) is 32.6. The average Bonchev–Trinajstić information content (AvgIpc) is 2.75. The summed E-state index contributed by atoms with van der Waals surface area (Å²) in [6.45, 7) is 2.64. The minimum Gasteiger partial charge on any atom is -0.481 e. The van der Waals surface area contributed by atoms with Crippen LogP contribution in [0.4, 0.5) is 0 Å². The summed E-state index contributed by atoms with van der Waals surface area (Å²) < 4.78 is 8.65. The monoisotopic (exact) mass is 590 g/mol. The zero-order valence-electron chi connectivity index (χ0n) is 17.4. The van der Waals surface area contributed by atoms with Gasteiger partial charge < -0.3 is 29.9 Å². The molecule has 0 rings (SSSR count). The van der Waals surface area contributed by atoms with Gasteiger partial charge in [0, 0.05) is 5.08 Å². The molecule has 33 heavy (non-hydrogen) atoms. The average molecular weight is 591 g/mol. The molecule has 0 unspecified atom stereocenters. The highest BCUT2D eigenvalue weighted by Crippen LogP contribution is 2.19. The lowest BCUT2D eigenvalue weighted by molar-refractivity contribution is -0.134. The molecule has 0 saturated heterocycles. The van der Waals surface area contributed by atoms with Gasteiger partial charge in [0.05, 0.1) is 17.3 Å². The molecule has 0 aromatic carbocycles. The van der Waals surface area contributed by atoms with Crippen molar-refractivity contribution in [3.8, 4) is 0 Å². The van der Waals surface area contributed by atoms with Crippen molar-refractivity contribution in [3.63, 3.8) is 0 Å². The minimum absolute atomic E-state index is 0.0207. The van der Waals surface area contributed by atoms with Gasteiger partial charge in [-0.2, -0.15) is 24.4 Å². The number of thioether (sulfide) groups is 3. The van der Waals surface area contributed by atoms with Gasteiger partial charge in [0.25, 0.3) is 12.9 Å². The molecule has 0 aliphatic carbocycles. The van der Waals surface area contributed by atoms with E-state index in [4.69, 9.17) is 20.4 Å². The first-order chi connectivity index (χ1) is 15.6. The molecule has 12 nitrogen and oxygen atoms in total. The number of carboxylic acids is 4. The lowest BCUT2D eigenvalue weighted by Gasteiger charge is -1.96. The molecule has 0 aromatic heterocycles. The van der Waals surface area contributed by atoms with E-state index in [1.54, 1.807) is 0 Å². The Morgan fingerprint density at radius 3 is 1.55 bits per heavy atom. The number of hydrogen-bond acceptors (Lipinski definition) is 14. The molecule has 0 aliphatic heterocycles. The molecule has 4 N–H and O–H groups in total. The third kappa shape index (κ3) is 65.2. The van der Waals surface area contributed by atoms with E-state index in [2.05, 4.69) is 22.1 Å². The molecule has 0 atom stereocenters. The smallest absolute Gasteiger partial charge is 0.314 e. The van der Waals surface area contributed by atoms with E-state index < -0.39 is 23.9 Å². The molecule has 194 valence electrons. The maximum atomic E-state index is 9.97. The summed E-state index contributed by atoms with van der Waals surface area (Å²) >= 11 is 7.48. The first-order valence-corrected chi connectivity index (χ1v) is 14.7. The topological polar surface area (TPSA) is 202 Å². The van der Waals surface area contributed by atoms with Gasteiger partial charge in [0.15, 0.2) is 0 Å². The molecule has 0 amide bonds. The summed E-state index contributed by atoms with van der Waals surface area (Å²) in [4.78, 5) is 58.0. The lowest BCUT2D eigenvalue weighted by atomic mass is 10.8. The minimum atomic E-state index is -0.881. The summed E-state index contributed by atoms with van der Waals surface area (Å²) in [5.74, 6) is -1.68. The van der Waals surface area contributed by atoms with E-state index in [1.807, 2.05) is 6.92 Å². The Morgan fingerprint density at radius 1 is 0.727 bits per heavy atom. The summed E-state index contributed by atoms with van der Waals surface area (Å²) in [6.07, 6.45) is 0.